The number of halogens is 5. The lowest BCUT2D eigenvalue weighted by molar-refractivity contribution is -0.0974. The second kappa shape index (κ2) is 4.33. The van der Waals surface area contributed by atoms with Crippen LogP contribution < -0.4 is 4.74 Å². The molecule has 0 heterocycles. The summed E-state index contributed by atoms with van der Waals surface area (Å²) in [5.41, 5.74) is -2.80. The fourth-order valence-corrected chi connectivity index (χ4v) is 2.55. The topological polar surface area (TPSA) is 9.23 Å². The molecule has 6 heteroatoms. The van der Waals surface area contributed by atoms with E-state index in [1.807, 2.05) is 6.92 Å². The van der Waals surface area contributed by atoms with Crippen LogP contribution in [-0.2, 0) is 0 Å². The highest BCUT2D eigenvalue weighted by Gasteiger charge is 2.29. The van der Waals surface area contributed by atoms with E-state index in [-0.39, 0.29) is 5.75 Å². The Morgan fingerprint density at radius 3 is 2.07 bits per heavy atom. The van der Waals surface area contributed by atoms with Crippen molar-refractivity contribution < 1.29 is 13.5 Å². The number of alkyl halides is 3. The molecule has 0 bridgehead atoms. The largest absolute Gasteiger partial charge is 0.487 e. The number of rotatable bonds is 2. The maximum absolute atomic E-state index is 12.4. The van der Waals surface area contributed by atoms with E-state index >= 15 is 0 Å². The van der Waals surface area contributed by atoms with Gasteiger partial charge >= 0.3 is 5.57 Å². The quantitative estimate of drug-likeness (QED) is 0.703. The van der Waals surface area contributed by atoms with Gasteiger partial charge in [0.25, 0.3) is 0 Å². The molecule has 0 saturated carbocycles. The van der Waals surface area contributed by atoms with Gasteiger partial charge in [0, 0.05) is 11.6 Å². The average Bonchev–Trinajstić information content (AvgIpc) is 1.95. The molecule has 78 valence electrons. The van der Waals surface area contributed by atoms with Gasteiger partial charge in [0.2, 0.25) is 0 Å². The molecule has 0 N–H and O–H groups in total. The molecule has 0 fully saturated rings. The van der Waals surface area contributed by atoms with Crippen molar-refractivity contribution in [1.82, 2.24) is 0 Å². The summed E-state index contributed by atoms with van der Waals surface area (Å²) >= 11 is 10.9. The zero-order valence-corrected chi connectivity index (χ0v) is 10.9. The summed E-state index contributed by atoms with van der Waals surface area (Å²) in [6, 6.07) is 3.31. The van der Waals surface area contributed by atoms with Crippen molar-refractivity contribution in [2.45, 2.75) is 12.5 Å². The third-order valence-electron chi connectivity index (χ3n) is 1.36. The predicted octanol–water partition coefficient (Wildman–Crippen LogP) is 4.69. The van der Waals surface area contributed by atoms with Crippen molar-refractivity contribution in [3.05, 3.63) is 26.6 Å². The second-order valence-corrected chi connectivity index (χ2v) is 4.75. The smallest absolute Gasteiger partial charge is 0.418 e. The first-order chi connectivity index (χ1) is 6.29. The molecule has 0 atom stereocenters. The Hall–Kier alpha value is 0.130. The molecule has 0 aromatic heterocycles. The van der Waals surface area contributed by atoms with Gasteiger partial charge in [-0.2, -0.15) is 0 Å². The molecule has 0 unspecified atom stereocenters. The van der Waals surface area contributed by atoms with Crippen LogP contribution in [0.2, 0.25) is 0 Å². The van der Waals surface area contributed by atoms with Gasteiger partial charge in [-0.1, -0.05) is 0 Å². The van der Waals surface area contributed by atoms with E-state index in [0.717, 1.165) is 5.56 Å². The first kappa shape index (κ1) is 12.2. The van der Waals surface area contributed by atoms with Crippen LogP contribution in [0.25, 0.3) is 0 Å². The van der Waals surface area contributed by atoms with Crippen LogP contribution in [0.1, 0.15) is 5.56 Å². The van der Waals surface area contributed by atoms with Crippen LogP contribution in [-0.4, -0.2) is 5.57 Å². The van der Waals surface area contributed by atoms with Gasteiger partial charge in [0.1, 0.15) is 0 Å². The van der Waals surface area contributed by atoms with E-state index < -0.39 is 5.57 Å². The standard InChI is InChI=1S/C8H5Br2ClF2O/c1-4-2-5(9)7(6(10)3-4)14-8(11,12)13/h2-3H,1H3. The van der Waals surface area contributed by atoms with E-state index in [2.05, 4.69) is 48.2 Å². The van der Waals surface area contributed by atoms with Gasteiger partial charge in [-0.05, 0) is 56.5 Å². The fourth-order valence-electron chi connectivity index (χ4n) is 0.900. The van der Waals surface area contributed by atoms with Crippen molar-refractivity contribution in [1.29, 1.82) is 0 Å². The molecule has 1 aromatic rings. The molecule has 0 aliphatic carbocycles. The molecule has 0 amide bonds. The third-order valence-corrected chi connectivity index (χ3v) is 2.62. The predicted molar refractivity (Wildman–Crippen MR) is 58.0 cm³/mol. The zero-order chi connectivity index (χ0) is 10.9. The minimum absolute atomic E-state index is 0.0180. The first-order valence-corrected chi connectivity index (χ1v) is 5.47. The Morgan fingerprint density at radius 1 is 1.29 bits per heavy atom. The van der Waals surface area contributed by atoms with Crippen molar-refractivity contribution in [3.8, 4) is 5.75 Å². The summed E-state index contributed by atoms with van der Waals surface area (Å²) in [4.78, 5) is 0. The lowest BCUT2D eigenvalue weighted by Crippen LogP contribution is -2.16. The maximum atomic E-state index is 12.4. The van der Waals surface area contributed by atoms with Crippen molar-refractivity contribution >= 4 is 43.5 Å². The highest BCUT2D eigenvalue weighted by atomic mass is 79.9. The molecular formula is C8H5Br2ClF2O. The van der Waals surface area contributed by atoms with E-state index in [0.29, 0.717) is 8.95 Å². The highest BCUT2D eigenvalue weighted by molar-refractivity contribution is 9.11. The van der Waals surface area contributed by atoms with Gasteiger partial charge in [0.15, 0.2) is 5.75 Å². The molecule has 14 heavy (non-hydrogen) atoms. The summed E-state index contributed by atoms with van der Waals surface area (Å²) in [5.74, 6) is -0.0180. The summed E-state index contributed by atoms with van der Waals surface area (Å²) in [6.45, 7) is 1.83. The highest BCUT2D eigenvalue weighted by Crippen LogP contribution is 2.38. The normalized spacial score (nSPS) is 11.6. The minimum Gasteiger partial charge on any atom is -0.418 e. The lowest BCUT2D eigenvalue weighted by Gasteiger charge is -2.14. The van der Waals surface area contributed by atoms with Crippen LogP contribution >= 0.6 is 43.5 Å². The van der Waals surface area contributed by atoms with E-state index in [1.54, 1.807) is 12.1 Å². The molecular weight excluding hydrogens is 345 g/mol. The van der Waals surface area contributed by atoms with E-state index in [9.17, 15) is 8.78 Å². The number of hydrogen-bond acceptors (Lipinski definition) is 1. The van der Waals surface area contributed by atoms with E-state index in [4.69, 9.17) is 0 Å². The fraction of sp³-hybridized carbons (Fsp3) is 0.250. The zero-order valence-electron chi connectivity index (χ0n) is 6.95. The first-order valence-electron chi connectivity index (χ1n) is 3.51. The summed E-state index contributed by atoms with van der Waals surface area (Å²) in [5, 5.41) is 0. The third kappa shape index (κ3) is 3.37. The monoisotopic (exact) mass is 348 g/mol. The van der Waals surface area contributed by atoms with Gasteiger partial charge in [-0.15, -0.1) is 8.78 Å². The van der Waals surface area contributed by atoms with Crippen molar-refractivity contribution in [3.63, 3.8) is 0 Å². The van der Waals surface area contributed by atoms with Crippen LogP contribution in [0.3, 0.4) is 0 Å². The Morgan fingerprint density at radius 2 is 1.71 bits per heavy atom. The maximum Gasteiger partial charge on any atom is 0.487 e. The Labute approximate surface area is 102 Å². The number of ether oxygens (including phenoxy) is 1. The molecule has 0 aliphatic rings. The van der Waals surface area contributed by atoms with Gasteiger partial charge < -0.3 is 4.74 Å². The summed E-state index contributed by atoms with van der Waals surface area (Å²) in [6.07, 6.45) is 0. The van der Waals surface area contributed by atoms with Crippen LogP contribution in [0.4, 0.5) is 8.78 Å². The number of aryl methyl sites for hydroxylation is 1. The summed E-state index contributed by atoms with van der Waals surface area (Å²) < 4.78 is 29.8. The number of benzene rings is 1. The molecule has 0 aliphatic heterocycles. The van der Waals surface area contributed by atoms with E-state index in [1.165, 1.54) is 0 Å². The van der Waals surface area contributed by atoms with Gasteiger partial charge in [-0.3, -0.25) is 0 Å². The number of hydrogen-bond donors (Lipinski definition) is 0. The lowest BCUT2D eigenvalue weighted by atomic mass is 10.2. The van der Waals surface area contributed by atoms with Crippen LogP contribution in [0, 0.1) is 6.92 Å². The minimum atomic E-state index is -3.71. The molecule has 1 nitrogen and oxygen atoms in total. The molecule has 0 radical (unpaired) electrons. The van der Waals surface area contributed by atoms with Crippen molar-refractivity contribution in [2.24, 2.45) is 0 Å². The van der Waals surface area contributed by atoms with Gasteiger partial charge in [0.05, 0.1) is 8.95 Å². The van der Waals surface area contributed by atoms with Crippen LogP contribution in [0.15, 0.2) is 21.1 Å². The SMILES string of the molecule is Cc1cc(Br)c(OC(F)(F)Cl)c(Br)c1. The summed E-state index contributed by atoms with van der Waals surface area (Å²) in [7, 11) is 0. The Kier molecular flexibility index (Phi) is 3.77. The second-order valence-electron chi connectivity index (χ2n) is 2.61. The Balaban J connectivity index is 3.09. The molecule has 1 aromatic carbocycles. The van der Waals surface area contributed by atoms with Crippen molar-refractivity contribution in [2.75, 3.05) is 0 Å². The molecule has 0 saturated heterocycles. The molecule has 0 spiro atoms. The van der Waals surface area contributed by atoms with Crippen LogP contribution in [0.5, 0.6) is 5.75 Å². The Bertz CT molecular complexity index is 329. The van der Waals surface area contributed by atoms with Gasteiger partial charge in [-0.25, -0.2) is 0 Å². The average molecular weight is 350 g/mol. The molecule has 1 rings (SSSR count).